The molecule has 0 aliphatic rings. The molecule has 1 aromatic carbocycles. The van der Waals surface area contributed by atoms with E-state index in [9.17, 15) is 30.8 Å². The predicted octanol–water partition coefficient (Wildman–Crippen LogP) is 2.15. The molecule has 0 unspecified atom stereocenters. The highest BCUT2D eigenvalue weighted by molar-refractivity contribution is 7.92. The molecule has 4 nitrogen and oxygen atoms in total. The van der Waals surface area contributed by atoms with Gasteiger partial charge in [-0.3, -0.25) is 4.79 Å². The average molecular weight is 341 g/mol. The summed E-state index contributed by atoms with van der Waals surface area (Å²) in [5, 5.41) is -1.59. The van der Waals surface area contributed by atoms with Crippen LogP contribution in [0.2, 0.25) is 0 Å². The minimum atomic E-state index is -4.67. The van der Waals surface area contributed by atoms with Gasteiger partial charge in [-0.05, 0) is 24.6 Å². The molecular weight excluding hydrogens is 326 g/mol. The molecule has 0 bridgehead atoms. The van der Waals surface area contributed by atoms with E-state index in [-0.39, 0.29) is 5.56 Å². The van der Waals surface area contributed by atoms with E-state index >= 15 is 0 Å². The highest BCUT2D eigenvalue weighted by atomic mass is 32.2. The first-order valence-electron chi connectivity index (χ1n) is 6.19. The van der Waals surface area contributed by atoms with Crippen LogP contribution in [0.15, 0.2) is 24.3 Å². The van der Waals surface area contributed by atoms with Crippen LogP contribution >= 0.6 is 0 Å². The zero-order valence-corrected chi connectivity index (χ0v) is 12.7. The molecule has 22 heavy (non-hydrogen) atoms. The molecule has 1 rings (SSSR count). The number of carbonyl (C=O) groups is 1. The zero-order valence-electron chi connectivity index (χ0n) is 11.9. The molecule has 1 aromatic rings. The maximum absolute atomic E-state index is 12.8. The summed E-state index contributed by atoms with van der Waals surface area (Å²) >= 11 is 0. The molecule has 0 aliphatic carbocycles. The number of benzene rings is 1. The Labute approximate surface area is 125 Å². The number of amides is 1. The molecule has 0 saturated heterocycles. The van der Waals surface area contributed by atoms with Crippen LogP contribution in [0, 0.1) is 5.82 Å². The maximum atomic E-state index is 12.8. The van der Waals surface area contributed by atoms with Crippen LogP contribution in [0.1, 0.15) is 12.5 Å². The van der Waals surface area contributed by atoms with Crippen LogP contribution in [-0.4, -0.2) is 43.5 Å². The molecule has 9 heteroatoms. The Kier molecular flexibility index (Phi) is 5.55. The Bertz CT molecular complexity index is 626. The third-order valence-electron chi connectivity index (χ3n) is 2.96. The Morgan fingerprint density at radius 1 is 1.23 bits per heavy atom. The molecular formula is C13H15F4NO3S. The number of nitrogens with zero attached hydrogens (tertiary/aromatic N) is 1. The topological polar surface area (TPSA) is 54.5 Å². The first kappa shape index (κ1) is 18.4. The van der Waals surface area contributed by atoms with Gasteiger partial charge in [0, 0.05) is 12.8 Å². The average Bonchev–Trinajstić information content (AvgIpc) is 2.36. The van der Waals surface area contributed by atoms with E-state index in [2.05, 4.69) is 0 Å². The highest BCUT2D eigenvalue weighted by Crippen LogP contribution is 2.20. The van der Waals surface area contributed by atoms with Crippen LogP contribution in [0.4, 0.5) is 17.6 Å². The molecule has 0 heterocycles. The maximum Gasteiger partial charge on any atom is 0.406 e. The monoisotopic (exact) mass is 341 g/mol. The fourth-order valence-electron chi connectivity index (χ4n) is 1.68. The van der Waals surface area contributed by atoms with Crippen molar-refractivity contribution in [3.63, 3.8) is 0 Å². The summed E-state index contributed by atoms with van der Waals surface area (Å²) in [5.41, 5.74) is 0.264. The normalized spacial score (nSPS) is 13.7. The zero-order chi connectivity index (χ0) is 17.1. The molecule has 0 fully saturated rings. The van der Waals surface area contributed by atoms with Crippen molar-refractivity contribution in [2.75, 3.05) is 12.8 Å². The lowest BCUT2D eigenvalue weighted by Crippen LogP contribution is -2.45. The van der Waals surface area contributed by atoms with Crippen molar-refractivity contribution in [1.29, 1.82) is 0 Å². The number of hydrogen-bond donors (Lipinski definition) is 0. The smallest absolute Gasteiger partial charge is 0.328 e. The third kappa shape index (κ3) is 5.63. The lowest BCUT2D eigenvalue weighted by atomic mass is 10.2. The van der Waals surface area contributed by atoms with Gasteiger partial charge in [-0.25, -0.2) is 12.8 Å². The third-order valence-corrected chi connectivity index (χ3v) is 4.44. The fraction of sp³-hybridized carbons (Fsp3) is 0.462. The van der Waals surface area contributed by atoms with Gasteiger partial charge in [0.05, 0.1) is 0 Å². The molecule has 0 spiro atoms. The minimum Gasteiger partial charge on any atom is -0.328 e. The van der Waals surface area contributed by atoms with Crippen molar-refractivity contribution >= 4 is 15.7 Å². The number of alkyl halides is 3. The summed E-state index contributed by atoms with van der Waals surface area (Å²) in [7, 11) is -3.82. The number of sulfone groups is 1. The van der Waals surface area contributed by atoms with E-state index in [0.29, 0.717) is 4.90 Å². The van der Waals surface area contributed by atoms with Crippen molar-refractivity contribution in [2.45, 2.75) is 24.9 Å². The second-order valence-corrected chi connectivity index (χ2v) is 7.27. The Hall–Kier alpha value is -1.64. The molecule has 124 valence electrons. The summed E-state index contributed by atoms with van der Waals surface area (Å²) in [4.78, 5) is 12.4. The van der Waals surface area contributed by atoms with Gasteiger partial charge in [0.25, 0.3) is 0 Å². The minimum absolute atomic E-state index is 0.264. The second-order valence-electron chi connectivity index (χ2n) is 4.91. The van der Waals surface area contributed by atoms with E-state index in [0.717, 1.165) is 25.3 Å². The van der Waals surface area contributed by atoms with Gasteiger partial charge in [0.2, 0.25) is 5.91 Å². The van der Waals surface area contributed by atoms with Crippen LogP contribution in [0.25, 0.3) is 0 Å². The van der Waals surface area contributed by atoms with Gasteiger partial charge in [-0.2, -0.15) is 13.2 Å². The molecule has 0 saturated carbocycles. The Balaban J connectivity index is 3.02. The van der Waals surface area contributed by atoms with Crippen molar-refractivity contribution in [2.24, 2.45) is 0 Å². The summed E-state index contributed by atoms with van der Waals surface area (Å²) in [5.74, 6) is -1.72. The van der Waals surface area contributed by atoms with Crippen molar-refractivity contribution < 1.29 is 30.8 Å². The van der Waals surface area contributed by atoms with Gasteiger partial charge in [0.15, 0.2) is 9.84 Å². The molecule has 1 amide bonds. The summed E-state index contributed by atoms with van der Waals surface area (Å²) < 4.78 is 73.3. The summed E-state index contributed by atoms with van der Waals surface area (Å²) in [6.45, 7) is -1.01. The molecule has 0 N–H and O–H groups in total. The molecule has 0 radical (unpaired) electrons. The van der Waals surface area contributed by atoms with Gasteiger partial charge in [0.1, 0.15) is 17.6 Å². The second kappa shape index (κ2) is 6.64. The fourth-order valence-corrected chi connectivity index (χ4v) is 2.19. The lowest BCUT2D eigenvalue weighted by Gasteiger charge is -2.26. The summed E-state index contributed by atoms with van der Waals surface area (Å²) in [6, 6.07) is 4.56. The SMILES string of the molecule is C[C@H](C(=O)N(Cc1ccc(F)cc1)CC(F)(F)F)S(C)(=O)=O. The first-order chi connectivity index (χ1) is 9.90. The van der Waals surface area contributed by atoms with E-state index < -0.39 is 46.1 Å². The molecule has 1 atom stereocenters. The summed E-state index contributed by atoms with van der Waals surface area (Å²) in [6.07, 6.45) is -3.90. The van der Waals surface area contributed by atoms with E-state index in [4.69, 9.17) is 0 Å². The molecule has 0 aliphatic heterocycles. The lowest BCUT2D eigenvalue weighted by molar-refractivity contribution is -0.162. The van der Waals surface area contributed by atoms with Crippen molar-refractivity contribution in [1.82, 2.24) is 4.90 Å². The van der Waals surface area contributed by atoms with Crippen molar-refractivity contribution in [3.8, 4) is 0 Å². The number of rotatable bonds is 5. The van der Waals surface area contributed by atoms with Crippen LogP contribution in [0.5, 0.6) is 0 Å². The van der Waals surface area contributed by atoms with Crippen molar-refractivity contribution in [3.05, 3.63) is 35.6 Å². The van der Waals surface area contributed by atoms with Crippen LogP contribution < -0.4 is 0 Å². The standard InChI is InChI=1S/C13H15F4NO3S/c1-9(22(2,20)21)12(19)18(8-13(15,16)17)7-10-3-5-11(14)6-4-10/h3-6,9H,7-8H2,1-2H3/t9-/m1/s1. The van der Waals surface area contributed by atoms with Crippen LogP contribution in [-0.2, 0) is 21.2 Å². The molecule has 0 aromatic heterocycles. The van der Waals surface area contributed by atoms with Gasteiger partial charge >= 0.3 is 6.18 Å². The predicted molar refractivity (Wildman–Crippen MR) is 72.2 cm³/mol. The Morgan fingerprint density at radius 3 is 2.14 bits per heavy atom. The van der Waals surface area contributed by atoms with Gasteiger partial charge < -0.3 is 4.90 Å². The van der Waals surface area contributed by atoms with Crippen LogP contribution in [0.3, 0.4) is 0 Å². The largest absolute Gasteiger partial charge is 0.406 e. The Morgan fingerprint density at radius 2 is 1.73 bits per heavy atom. The quantitative estimate of drug-likeness (QED) is 0.771. The number of halogens is 4. The van der Waals surface area contributed by atoms with E-state index in [1.165, 1.54) is 12.1 Å². The van der Waals surface area contributed by atoms with Gasteiger partial charge in [-0.15, -0.1) is 0 Å². The van der Waals surface area contributed by atoms with Gasteiger partial charge in [-0.1, -0.05) is 12.1 Å². The number of hydrogen-bond acceptors (Lipinski definition) is 3. The van der Waals surface area contributed by atoms with E-state index in [1.807, 2.05) is 0 Å². The van der Waals surface area contributed by atoms with E-state index in [1.54, 1.807) is 0 Å². The highest BCUT2D eigenvalue weighted by Gasteiger charge is 2.36. The number of carbonyl (C=O) groups excluding carboxylic acids is 1. The first-order valence-corrected chi connectivity index (χ1v) is 8.14.